The first kappa shape index (κ1) is 13.6. The van der Waals surface area contributed by atoms with Gasteiger partial charge in [-0.05, 0) is 49.7 Å². The first-order chi connectivity index (χ1) is 9.24. The zero-order chi connectivity index (χ0) is 13.7. The third kappa shape index (κ3) is 3.32. The average molecular weight is 256 g/mol. The molecule has 0 amide bonds. The van der Waals surface area contributed by atoms with Crippen molar-refractivity contribution in [2.75, 3.05) is 13.7 Å². The predicted molar refractivity (Wildman–Crippen MR) is 77.5 cm³/mol. The second-order valence-electron chi connectivity index (χ2n) is 4.52. The third-order valence-electron chi connectivity index (χ3n) is 3.02. The van der Waals surface area contributed by atoms with Crippen molar-refractivity contribution in [2.45, 2.75) is 19.9 Å². The molecule has 2 aromatic rings. The van der Waals surface area contributed by atoms with Crippen LogP contribution in [0.1, 0.15) is 29.7 Å². The SMILES string of the molecule is CCOc1cccc(C(NC)c2cncc(C)c2)c1. The lowest BCUT2D eigenvalue weighted by atomic mass is 9.99. The minimum atomic E-state index is 0.132. The number of rotatable bonds is 5. The van der Waals surface area contributed by atoms with Gasteiger partial charge >= 0.3 is 0 Å². The van der Waals surface area contributed by atoms with Crippen molar-refractivity contribution in [3.63, 3.8) is 0 Å². The van der Waals surface area contributed by atoms with Gasteiger partial charge in [-0.15, -0.1) is 0 Å². The van der Waals surface area contributed by atoms with Gasteiger partial charge in [0.25, 0.3) is 0 Å². The molecule has 1 atom stereocenters. The summed E-state index contributed by atoms with van der Waals surface area (Å²) >= 11 is 0. The fourth-order valence-electron chi connectivity index (χ4n) is 2.21. The van der Waals surface area contributed by atoms with E-state index in [9.17, 15) is 0 Å². The lowest BCUT2D eigenvalue weighted by Crippen LogP contribution is -2.18. The van der Waals surface area contributed by atoms with Crippen LogP contribution in [0.3, 0.4) is 0 Å². The molecule has 0 bridgehead atoms. The van der Waals surface area contributed by atoms with Gasteiger partial charge in [-0.2, -0.15) is 0 Å². The smallest absolute Gasteiger partial charge is 0.119 e. The Balaban J connectivity index is 2.33. The highest BCUT2D eigenvalue weighted by molar-refractivity contribution is 5.36. The molecule has 0 fully saturated rings. The van der Waals surface area contributed by atoms with Crippen molar-refractivity contribution in [1.82, 2.24) is 10.3 Å². The molecule has 1 N–H and O–H groups in total. The Bertz CT molecular complexity index is 540. The number of aromatic nitrogens is 1. The quantitative estimate of drug-likeness (QED) is 0.892. The van der Waals surface area contributed by atoms with Gasteiger partial charge in [0.1, 0.15) is 5.75 Å². The standard InChI is InChI=1S/C16H20N2O/c1-4-19-15-7-5-6-13(9-15)16(17-3)14-8-12(2)10-18-11-14/h5-11,16-17H,4H2,1-3H3. The fraction of sp³-hybridized carbons (Fsp3) is 0.312. The van der Waals surface area contributed by atoms with Crippen LogP contribution in [0.25, 0.3) is 0 Å². The number of aryl methyl sites for hydroxylation is 1. The topological polar surface area (TPSA) is 34.1 Å². The van der Waals surface area contributed by atoms with Gasteiger partial charge in [0, 0.05) is 12.4 Å². The number of ether oxygens (including phenoxy) is 1. The Hall–Kier alpha value is -1.87. The van der Waals surface area contributed by atoms with Crippen LogP contribution in [0, 0.1) is 6.92 Å². The van der Waals surface area contributed by atoms with Gasteiger partial charge in [-0.25, -0.2) is 0 Å². The van der Waals surface area contributed by atoms with Crippen LogP contribution in [-0.4, -0.2) is 18.6 Å². The minimum absolute atomic E-state index is 0.132. The van der Waals surface area contributed by atoms with Crippen molar-refractivity contribution < 1.29 is 4.74 Å². The molecule has 1 aromatic carbocycles. The lowest BCUT2D eigenvalue weighted by Gasteiger charge is -2.18. The van der Waals surface area contributed by atoms with Crippen LogP contribution in [0.15, 0.2) is 42.7 Å². The highest BCUT2D eigenvalue weighted by Crippen LogP contribution is 2.25. The summed E-state index contributed by atoms with van der Waals surface area (Å²) in [6.07, 6.45) is 3.77. The zero-order valence-corrected chi connectivity index (χ0v) is 11.7. The van der Waals surface area contributed by atoms with Gasteiger partial charge < -0.3 is 10.1 Å². The van der Waals surface area contributed by atoms with E-state index in [0.29, 0.717) is 6.61 Å². The van der Waals surface area contributed by atoms with Crippen LogP contribution in [0.2, 0.25) is 0 Å². The van der Waals surface area contributed by atoms with Gasteiger partial charge in [-0.3, -0.25) is 4.98 Å². The summed E-state index contributed by atoms with van der Waals surface area (Å²) in [5.41, 5.74) is 3.51. The first-order valence-corrected chi connectivity index (χ1v) is 6.56. The summed E-state index contributed by atoms with van der Waals surface area (Å²) in [5.74, 6) is 0.904. The minimum Gasteiger partial charge on any atom is -0.494 e. The Morgan fingerprint density at radius 1 is 1.21 bits per heavy atom. The maximum Gasteiger partial charge on any atom is 0.119 e. The summed E-state index contributed by atoms with van der Waals surface area (Å²) in [6, 6.07) is 10.5. The number of pyridine rings is 1. The highest BCUT2D eigenvalue weighted by atomic mass is 16.5. The number of benzene rings is 1. The van der Waals surface area contributed by atoms with Gasteiger partial charge in [0.2, 0.25) is 0 Å². The van der Waals surface area contributed by atoms with Crippen LogP contribution in [0.4, 0.5) is 0 Å². The molecule has 0 radical (unpaired) electrons. The molecule has 2 rings (SSSR count). The number of hydrogen-bond donors (Lipinski definition) is 1. The van der Waals surface area contributed by atoms with Crippen LogP contribution in [-0.2, 0) is 0 Å². The summed E-state index contributed by atoms with van der Waals surface area (Å²) in [4.78, 5) is 4.27. The maximum atomic E-state index is 5.56. The Labute approximate surface area is 114 Å². The average Bonchev–Trinajstić information content (AvgIpc) is 2.41. The van der Waals surface area contributed by atoms with Crippen molar-refractivity contribution in [2.24, 2.45) is 0 Å². The Morgan fingerprint density at radius 3 is 2.74 bits per heavy atom. The second-order valence-corrected chi connectivity index (χ2v) is 4.52. The molecule has 0 aliphatic heterocycles. The van der Waals surface area contributed by atoms with Crippen LogP contribution >= 0.6 is 0 Å². The lowest BCUT2D eigenvalue weighted by molar-refractivity contribution is 0.339. The molecule has 1 heterocycles. The van der Waals surface area contributed by atoms with Crippen LogP contribution in [0.5, 0.6) is 5.75 Å². The summed E-state index contributed by atoms with van der Waals surface area (Å²) in [5, 5.41) is 3.34. The fourth-order valence-corrected chi connectivity index (χ4v) is 2.21. The highest BCUT2D eigenvalue weighted by Gasteiger charge is 2.13. The van der Waals surface area contributed by atoms with Gasteiger partial charge in [-0.1, -0.05) is 18.2 Å². The molecule has 3 heteroatoms. The molecule has 0 spiro atoms. The van der Waals surface area contributed by atoms with E-state index in [1.165, 1.54) is 11.1 Å². The van der Waals surface area contributed by atoms with Crippen molar-refractivity contribution >= 4 is 0 Å². The van der Waals surface area contributed by atoms with Crippen molar-refractivity contribution in [1.29, 1.82) is 0 Å². The summed E-state index contributed by atoms with van der Waals surface area (Å²) in [7, 11) is 1.96. The number of nitrogens with one attached hydrogen (secondary N) is 1. The summed E-state index contributed by atoms with van der Waals surface area (Å²) < 4.78 is 5.56. The van der Waals surface area contributed by atoms with Gasteiger partial charge in [0.05, 0.1) is 12.6 Å². The van der Waals surface area contributed by atoms with Crippen LogP contribution < -0.4 is 10.1 Å². The van der Waals surface area contributed by atoms with E-state index in [1.54, 1.807) is 0 Å². The molecular formula is C16H20N2O. The normalized spacial score (nSPS) is 12.2. The monoisotopic (exact) mass is 256 g/mol. The maximum absolute atomic E-state index is 5.56. The molecule has 1 aromatic heterocycles. The van der Waals surface area contributed by atoms with E-state index < -0.39 is 0 Å². The van der Waals surface area contributed by atoms with E-state index in [2.05, 4.69) is 35.4 Å². The molecule has 3 nitrogen and oxygen atoms in total. The molecule has 0 saturated carbocycles. The zero-order valence-electron chi connectivity index (χ0n) is 11.7. The second kappa shape index (κ2) is 6.34. The van der Waals surface area contributed by atoms with E-state index in [4.69, 9.17) is 4.74 Å². The number of nitrogens with zero attached hydrogens (tertiary/aromatic N) is 1. The summed E-state index contributed by atoms with van der Waals surface area (Å²) in [6.45, 7) is 4.73. The Kier molecular flexibility index (Phi) is 4.53. The van der Waals surface area contributed by atoms with Crippen molar-refractivity contribution in [3.05, 3.63) is 59.4 Å². The molecule has 0 saturated heterocycles. The third-order valence-corrected chi connectivity index (χ3v) is 3.02. The largest absolute Gasteiger partial charge is 0.494 e. The van der Waals surface area contributed by atoms with E-state index >= 15 is 0 Å². The first-order valence-electron chi connectivity index (χ1n) is 6.56. The molecular weight excluding hydrogens is 236 g/mol. The Morgan fingerprint density at radius 2 is 2.05 bits per heavy atom. The molecule has 100 valence electrons. The number of hydrogen-bond acceptors (Lipinski definition) is 3. The molecule has 0 aliphatic carbocycles. The molecule has 0 aliphatic rings. The molecule has 1 unspecified atom stereocenters. The van der Waals surface area contributed by atoms with Gasteiger partial charge in [0.15, 0.2) is 0 Å². The van der Waals surface area contributed by atoms with E-state index in [1.807, 2.05) is 38.5 Å². The van der Waals surface area contributed by atoms with E-state index in [0.717, 1.165) is 11.3 Å². The predicted octanol–water partition coefficient (Wildman–Crippen LogP) is 3.10. The van der Waals surface area contributed by atoms with Crippen molar-refractivity contribution in [3.8, 4) is 5.75 Å². The molecule has 19 heavy (non-hydrogen) atoms. The van der Waals surface area contributed by atoms with E-state index in [-0.39, 0.29) is 6.04 Å².